The first-order chi connectivity index (χ1) is 6.55. The second-order valence-corrected chi connectivity index (χ2v) is 4.23. The summed E-state index contributed by atoms with van der Waals surface area (Å²) in [4.78, 5) is 6.48. The van der Waals surface area contributed by atoms with Gasteiger partial charge in [0.25, 0.3) is 0 Å². The van der Waals surface area contributed by atoms with Crippen LogP contribution in [0.3, 0.4) is 0 Å². The number of rotatable bonds is 4. The SMILES string of the molecule is CCC(C)N1C(N)=NCC1(C)COC. The molecule has 2 N–H and O–H groups in total. The van der Waals surface area contributed by atoms with E-state index in [-0.39, 0.29) is 5.54 Å². The topological polar surface area (TPSA) is 50.8 Å². The predicted molar refractivity (Wildman–Crippen MR) is 58.4 cm³/mol. The van der Waals surface area contributed by atoms with Gasteiger partial charge in [-0.05, 0) is 20.3 Å². The van der Waals surface area contributed by atoms with Gasteiger partial charge in [0.1, 0.15) is 0 Å². The second kappa shape index (κ2) is 4.17. The van der Waals surface area contributed by atoms with Crippen molar-refractivity contribution >= 4 is 5.96 Å². The zero-order chi connectivity index (χ0) is 10.8. The summed E-state index contributed by atoms with van der Waals surface area (Å²) in [5.41, 5.74) is 5.82. The minimum absolute atomic E-state index is 0.0612. The molecule has 82 valence electrons. The van der Waals surface area contributed by atoms with Crippen molar-refractivity contribution in [3.63, 3.8) is 0 Å². The van der Waals surface area contributed by atoms with Crippen molar-refractivity contribution < 1.29 is 4.74 Å². The number of hydrogen-bond donors (Lipinski definition) is 1. The fraction of sp³-hybridized carbons (Fsp3) is 0.900. The lowest BCUT2D eigenvalue weighted by molar-refractivity contribution is 0.0606. The van der Waals surface area contributed by atoms with Crippen molar-refractivity contribution in [1.29, 1.82) is 0 Å². The highest BCUT2D eigenvalue weighted by Crippen LogP contribution is 2.25. The van der Waals surface area contributed by atoms with Crippen molar-refractivity contribution in [3.8, 4) is 0 Å². The number of ether oxygens (including phenoxy) is 1. The molecular formula is C10H21N3O. The second-order valence-electron chi connectivity index (χ2n) is 4.23. The smallest absolute Gasteiger partial charge is 0.192 e. The summed E-state index contributed by atoms with van der Waals surface area (Å²) in [7, 11) is 1.72. The third kappa shape index (κ3) is 1.85. The van der Waals surface area contributed by atoms with Crippen molar-refractivity contribution in [3.05, 3.63) is 0 Å². The molecule has 0 radical (unpaired) electrons. The molecule has 0 aromatic heterocycles. The van der Waals surface area contributed by atoms with Gasteiger partial charge in [0.05, 0.1) is 18.7 Å². The molecule has 0 amide bonds. The van der Waals surface area contributed by atoms with E-state index in [9.17, 15) is 0 Å². The zero-order valence-corrected chi connectivity index (χ0v) is 9.58. The highest BCUT2D eigenvalue weighted by molar-refractivity contribution is 5.81. The van der Waals surface area contributed by atoms with E-state index in [4.69, 9.17) is 10.5 Å². The van der Waals surface area contributed by atoms with Gasteiger partial charge in [-0.15, -0.1) is 0 Å². The standard InChI is InChI=1S/C10H21N3O/c1-5-8(2)13-9(11)12-6-10(13,3)7-14-4/h8H,5-7H2,1-4H3,(H2,11,12). The first kappa shape index (κ1) is 11.3. The molecule has 1 rings (SSSR count). The molecule has 1 aliphatic heterocycles. The molecule has 0 saturated heterocycles. The first-order valence-electron chi connectivity index (χ1n) is 5.13. The molecule has 4 nitrogen and oxygen atoms in total. The largest absolute Gasteiger partial charge is 0.382 e. The highest BCUT2D eigenvalue weighted by atomic mass is 16.5. The molecule has 0 spiro atoms. The van der Waals surface area contributed by atoms with Crippen LogP contribution in [0.1, 0.15) is 27.2 Å². The van der Waals surface area contributed by atoms with Crippen molar-refractivity contribution in [2.24, 2.45) is 10.7 Å². The summed E-state index contributed by atoms with van der Waals surface area (Å²) in [6.07, 6.45) is 1.07. The molecule has 0 aliphatic carbocycles. The van der Waals surface area contributed by atoms with E-state index in [0.29, 0.717) is 18.6 Å². The fourth-order valence-electron chi connectivity index (χ4n) is 2.05. The fourth-order valence-corrected chi connectivity index (χ4v) is 2.05. The minimum atomic E-state index is -0.0612. The Labute approximate surface area is 86.1 Å². The molecule has 0 bridgehead atoms. The molecule has 1 aliphatic rings. The maximum atomic E-state index is 5.88. The molecule has 1 heterocycles. The van der Waals surface area contributed by atoms with Crippen LogP contribution in [0, 0.1) is 0 Å². The Bertz CT molecular complexity index is 229. The third-order valence-corrected chi connectivity index (χ3v) is 2.90. The number of nitrogens with two attached hydrogens (primary N) is 1. The highest BCUT2D eigenvalue weighted by Gasteiger charge is 2.40. The lowest BCUT2D eigenvalue weighted by Gasteiger charge is -2.39. The van der Waals surface area contributed by atoms with Crippen LogP contribution in [0.15, 0.2) is 4.99 Å². The summed E-state index contributed by atoms with van der Waals surface area (Å²) < 4.78 is 5.23. The average molecular weight is 199 g/mol. The molecule has 2 atom stereocenters. The van der Waals surface area contributed by atoms with Crippen LogP contribution < -0.4 is 5.73 Å². The summed E-state index contributed by atoms with van der Waals surface area (Å²) >= 11 is 0. The summed E-state index contributed by atoms with van der Waals surface area (Å²) in [5, 5.41) is 0. The third-order valence-electron chi connectivity index (χ3n) is 2.90. The van der Waals surface area contributed by atoms with Gasteiger partial charge in [-0.2, -0.15) is 0 Å². The lowest BCUT2D eigenvalue weighted by atomic mass is 10.00. The Hall–Kier alpha value is -0.770. The minimum Gasteiger partial charge on any atom is -0.382 e. The van der Waals surface area contributed by atoms with Gasteiger partial charge < -0.3 is 15.4 Å². The van der Waals surface area contributed by atoms with Crippen molar-refractivity contribution in [2.75, 3.05) is 20.3 Å². The van der Waals surface area contributed by atoms with E-state index in [1.165, 1.54) is 0 Å². The van der Waals surface area contributed by atoms with Gasteiger partial charge in [-0.1, -0.05) is 6.92 Å². The van der Waals surface area contributed by atoms with Crippen LogP contribution >= 0.6 is 0 Å². The van der Waals surface area contributed by atoms with E-state index in [0.717, 1.165) is 13.0 Å². The average Bonchev–Trinajstić information content (AvgIpc) is 2.42. The van der Waals surface area contributed by atoms with E-state index in [1.807, 2.05) is 0 Å². The van der Waals surface area contributed by atoms with Crippen molar-refractivity contribution in [2.45, 2.75) is 38.8 Å². The molecule has 0 fully saturated rings. The van der Waals surface area contributed by atoms with Crippen LogP contribution in [-0.4, -0.2) is 42.7 Å². The molecular weight excluding hydrogens is 178 g/mol. The van der Waals surface area contributed by atoms with Gasteiger partial charge in [-0.3, -0.25) is 4.99 Å². The van der Waals surface area contributed by atoms with Crippen LogP contribution in [0.5, 0.6) is 0 Å². The van der Waals surface area contributed by atoms with Crippen LogP contribution in [0.2, 0.25) is 0 Å². The Morgan fingerprint density at radius 3 is 2.86 bits per heavy atom. The number of methoxy groups -OCH3 is 1. The Kier molecular flexibility index (Phi) is 3.37. The maximum Gasteiger partial charge on any atom is 0.192 e. The summed E-state index contributed by atoms with van der Waals surface area (Å²) in [6.45, 7) is 7.87. The predicted octanol–water partition coefficient (Wildman–Crippen LogP) is 0.820. The van der Waals surface area contributed by atoms with Crippen LogP contribution in [0.25, 0.3) is 0 Å². The first-order valence-corrected chi connectivity index (χ1v) is 5.13. The summed E-state index contributed by atoms with van der Waals surface area (Å²) in [5.74, 6) is 0.652. The van der Waals surface area contributed by atoms with Gasteiger partial charge >= 0.3 is 0 Å². The van der Waals surface area contributed by atoms with E-state index < -0.39 is 0 Å². The molecule has 4 heteroatoms. The lowest BCUT2D eigenvalue weighted by Crippen LogP contribution is -2.56. The number of nitrogens with zero attached hydrogens (tertiary/aromatic N) is 2. The van der Waals surface area contributed by atoms with Gasteiger partial charge in [0, 0.05) is 13.2 Å². The van der Waals surface area contributed by atoms with E-state index in [2.05, 4.69) is 30.7 Å². The van der Waals surface area contributed by atoms with Gasteiger partial charge in [0.15, 0.2) is 5.96 Å². The van der Waals surface area contributed by atoms with Crippen molar-refractivity contribution in [1.82, 2.24) is 4.90 Å². The number of hydrogen-bond acceptors (Lipinski definition) is 4. The monoisotopic (exact) mass is 199 g/mol. The number of guanidine groups is 1. The maximum absolute atomic E-state index is 5.88. The molecule has 2 unspecified atom stereocenters. The molecule has 0 aromatic rings. The van der Waals surface area contributed by atoms with E-state index >= 15 is 0 Å². The quantitative estimate of drug-likeness (QED) is 0.729. The number of aliphatic imine (C=N–C) groups is 1. The Balaban J connectivity index is 2.80. The Morgan fingerprint density at radius 1 is 1.71 bits per heavy atom. The van der Waals surface area contributed by atoms with Crippen LogP contribution in [-0.2, 0) is 4.74 Å². The van der Waals surface area contributed by atoms with Crippen LogP contribution in [0.4, 0.5) is 0 Å². The van der Waals surface area contributed by atoms with Gasteiger partial charge in [0.2, 0.25) is 0 Å². The molecule has 0 aromatic carbocycles. The Morgan fingerprint density at radius 2 is 2.36 bits per heavy atom. The normalized spacial score (nSPS) is 29.1. The molecule has 14 heavy (non-hydrogen) atoms. The zero-order valence-electron chi connectivity index (χ0n) is 9.58. The summed E-state index contributed by atoms with van der Waals surface area (Å²) in [6, 6.07) is 0.418. The van der Waals surface area contributed by atoms with E-state index in [1.54, 1.807) is 7.11 Å². The van der Waals surface area contributed by atoms with Gasteiger partial charge in [-0.25, -0.2) is 0 Å². The molecule has 0 saturated carbocycles.